The Balaban J connectivity index is 1.86. The van der Waals surface area contributed by atoms with Gasteiger partial charge in [-0.15, -0.1) is 0 Å². The smallest absolute Gasteiger partial charge is 0.161 e. The lowest BCUT2D eigenvalue weighted by molar-refractivity contribution is 0.189. The van der Waals surface area contributed by atoms with E-state index in [-0.39, 0.29) is 0 Å². The standard InChI is InChI=1S/C20H22N2O2/c1-14-18-11-20(24-3)19(23-2)10-17(18)7-8-22(14)13-16-6-4-5-15(9-16)12-21/h4-6,9-11,14H,7-8,13H2,1-3H3/t14-/m1/s1. The van der Waals surface area contributed by atoms with Crippen LogP contribution in [0.15, 0.2) is 36.4 Å². The molecule has 1 aliphatic heterocycles. The van der Waals surface area contributed by atoms with Crippen molar-refractivity contribution in [2.24, 2.45) is 0 Å². The molecule has 3 rings (SSSR count). The lowest BCUT2D eigenvalue weighted by Gasteiger charge is -2.35. The van der Waals surface area contributed by atoms with Crippen LogP contribution in [-0.2, 0) is 13.0 Å². The molecule has 0 bridgehead atoms. The highest BCUT2D eigenvalue weighted by Gasteiger charge is 2.25. The van der Waals surface area contributed by atoms with E-state index in [0.717, 1.165) is 31.0 Å². The molecule has 24 heavy (non-hydrogen) atoms. The fraction of sp³-hybridized carbons (Fsp3) is 0.350. The third-order valence-electron chi connectivity index (χ3n) is 4.75. The van der Waals surface area contributed by atoms with Gasteiger partial charge in [-0.25, -0.2) is 0 Å². The third kappa shape index (κ3) is 3.08. The zero-order valence-corrected chi connectivity index (χ0v) is 14.4. The minimum absolute atomic E-state index is 0.291. The Morgan fingerprint density at radius 2 is 1.92 bits per heavy atom. The van der Waals surface area contributed by atoms with Crippen LogP contribution in [0, 0.1) is 11.3 Å². The topological polar surface area (TPSA) is 45.5 Å². The number of methoxy groups -OCH3 is 2. The average Bonchev–Trinajstić information content (AvgIpc) is 2.63. The number of fused-ring (bicyclic) bond motifs is 1. The summed E-state index contributed by atoms with van der Waals surface area (Å²) in [5.74, 6) is 1.56. The number of hydrogen-bond acceptors (Lipinski definition) is 4. The van der Waals surface area contributed by atoms with Crippen molar-refractivity contribution in [3.05, 3.63) is 58.7 Å². The molecule has 0 saturated carbocycles. The maximum absolute atomic E-state index is 9.07. The number of ether oxygens (including phenoxy) is 2. The highest BCUT2D eigenvalue weighted by molar-refractivity contribution is 5.49. The summed E-state index contributed by atoms with van der Waals surface area (Å²) in [6.07, 6.45) is 0.984. The fourth-order valence-electron chi connectivity index (χ4n) is 3.39. The molecule has 0 fully saturated rings. The fourth-order valence-corrected chi connectivity index (χ4v) is 3.39. The van der Waals surface area contributed by atoms with Gasteiger partial charge in [0.15, 0.2) is 11.5 Å². The number of rotatable bonds is 4. The quantitative estimate of drug-likeness (QED) is 0.861. The molecule has 124 valence electrons. The van der Waals surface area contributed by atoms with Crippen LogP contribution >= 0.6 is 0 Å². The van der Waals surface area contributed by atoms with Gasteiger partial charge in [0.05, 0.1) is 25.9 Å². The van der Waals surface area contributed by atoms with Crippen molar-refractivity contribution in [1.29, 1.82) is 5.26 Å². The Bertz CT molecular complexity index is 780. The molecule has 4 heteroatoms. The van der Waals surface area contributed by atoms with E-state index in [0.29, 0.717) is 11.6 Å². The van der Waals surface area contributed by atoms with Gasteiger partial charge in [-0.3, -0.25) is 4.90 Å². The molecular weight excluding hydrogens is 300 g/mol. The molecule has 0 spiro atoms. The average molecular weight is 322 g/mol. The van der Waals surface area contributed by atoms with E-state index in [4.69, 9.17) is 14.7 Å². The van der Waals surface area contributed by atoms with Gasteiger partial charge in [-0.2, -0.15) is 5.26 Å². The maximum Gasteiger partial charge on any atom is 0.161 e. The van der Waals surface area contributed by atoms with E-state index in [2.05, 4.69) is 36.1 Å². The summed E-state index contributed by atoms with van der Waals surface area (Å²) in [7, 11) is 3.34. The van der Waals surface area contributed by atoms with Gasteiger partial charge in [-0.1, -0.05) is 12.1 Å². The molecule has 1 aliphatic rings. The summed E-state index contributed by atoms with van der Waals surface area (Å²) in [4.78, 5) is 2.44. The molecule has 2 aromatic rings. The summed E-state index contributed by atoms with van der Waals surface area (Å²) in [6, 6.07) is 14.5. The van der Waals surface area contributed by atoms with Crippen LogP contribution in [0.4, 0.5) is 0 Å². The molecule has 0 amide bonds. The third-order valence-corrected chi connectivity index (χ3v) is 4.75. The second kappa shape index (κ2) is 6.94. The molecular formula is C20H22N2O2. The Morgan fingerprint density at radius 1 is 1.17 bits per heavy atom. The van der Waals surface area contributed by atoms with Crippen LogP contribution in [0.3, 0.4) is 0 Å². The van der Waals surface area contributed by atoms with Gasteiger partial charge >= 0.3 is 0 Å². The summed E-state index contributed by atoms with van der Waals surface area (Å²) >= 11 is 0. The first-order valence-corrected chi connectivity index (χ1v) is 8.14. The number of nitriles is 1. The number of benzene rings is 2. The van der Waals surface area contributed by atoms with E-state index < -0.39 is 0 Å². The molecule has 4 nitrogen and oxygen atoms in total. The Morgan fingerprint density at radius 3 is 2.62 bits per heavy atom. The SMILES string of the molecule is COc1cc2c(cc1OC)[C@@H](C)N(Cc1cccc(C#N)c1)CC2. The minimum atomic E-state index is 0.291. The van der Waals surface area contributed by atoms with E-state index in [1.54, 1.807) is 14.2 Å². The predicted molar refractivity (Wildman–Crippen MR) is 93.2 cm³/mol. The first-order valence-electron chi connectivity index (χ1n) is 8.14. The Hall–Kier alpha value is -2.51. The lowest BCUT2D eigenvalue weighted by atomic mass is 9.92. The normalized spacial score (nSPS) is 17.0. The number of nitrogens with zero attached hydrogens (tertiary/aromatic N) is 2. The summed E-state index contributed by atoms with van der Waals surface area (Å²) in [5.41, 5.74) is 4.49. The van der Waals surface area contributed by atoms with Gasteiger partial charge in [-0.05, 0) is 54.3 Å². The van der Waals surface area contributed by atoms with E-state index in [1.165, 1.54) is 16.7 Å². The van der Waals surface area contributed by atoms with Crippen molar-refractivity contribution in [2.45, 2.75) is 25.9 Å². The zero-order chi connectivity index (χ0) is 17.1. The van der Waals surface area contributed by atoms with Crippen LogP contribution in [0.1, 0.15) is 35.2 Å². The second-order valence-electron chi connectivity index (χ2n) is 6.11. The van der Waals surface area contributed by atoms with Crippen molar-refractivity contribution in [3.63, 3.8) is 0 Å². The largest absolute Gasteiger partial charge is 0.493 e. The molecule has 1 heterocycles. The Labute approximate surface area is 143 Å². The minimum Gasteiger partial charge on any atom is -0.493 e. The first-order chi connectivity index (χ1) is 11.7. The van der Waals surface area contributed by atoms with Gasteiger partial charge in [0, 0.05) is 19.1 Å². The van der Waals surface area contributed by atoms with Gasteiger partial charge in [0.1, 0.15) is 0 Å². The van der Waals surface area contributed by atoms with Crippen LogP contribution in [0.2, 0.25) is 0 Å². The molecule has 0 N–H and O–H groups in total. The van der Waals surface area contributed by atoms with E-state index >= 15 is 0 Å². The van der Waals surface area contributed by atoms with Crippen molar-refractivity contribution in [3.8, 4) is 17.6 Å². The predicted octanol–water partition coefficient (Wildman–Crippen LogP) is 3.69. The molecule has 1 atom stereocenters. The molecule has 0 aliphatic carbocycles. The monoisotopic (exact) mass is 322 g/mol. The molecule has 2 aromatic carbocycles. The van der Waals surface area contributed by atoms with Crippen molar-refractivity contribution < 1.29 is 9.47 Å². The molecule has 0 unspecified atom stereocenters. The maximum atomic E-state index is 9.07. The van der Waals surface area contributed by atoms with Crippen molar-refractivity contribution in [1.82, 2.24) is 4.90 Å². The van der Waals surface area contributed by atoms with Gasteiger partial charge < -0.3 is 9.47 Å². The van der Waals surface area contributed by atoms with Crippen LogP contribution in [0.5, 0.6) is 11.5 Å². The number of hydrogen-bond donors (Lipinski definition) is 0. The summed E-state index contributed by atoms with van der Waals surface area (Å²) in [6.45, 7) is 4.04. The highest BCUT2D eigenvalue weighted by atomic mass is 16.5. The van der Waals surface area contributed by atoms with E-state index in [9.17, 15) is 0 Å². The second-order valence-corrected chi connectivity index (χ2v) is 6.11. The van der Waals surface area contributed by atoms with Crippen molar-refractivity contribution in [2.75, 3.05) is 20.8 Å². The van der Waals surface area contributed by atoms with Crippen molar-refractivity contribution >= 4 is 0 Å². The first kappa shape index (κ1) is 16.4. The van der Waals surface area contributed by atoms with Gasteiger partial charge in [0.25, 0.3) is 0 Å². The Kier molecular flexibility index (Phi) is 4.73. The molecule has 0 saturated heterocycles. The summed E-state index contributed by atoms with van der Waals surface area (Å²) < 4.78 is 10.9. The van der Waals surface area contributed by atoms with Crippen LogP contribution < -0.4 is 9.47 Å². The molecule has 0 aromatic heterocycles. The van der Waals surface area contributed by atoms with Crippen LogP contribution in [-0.4, -0.2) is 25.7 Å². The van der Waals surface area contributed by atoms with E-state index in [1.807, 2.05) is 18.2 Å². The summed E-state index contributed by atoms with van der Waals surface area (Å²) in [5, 5.41) is 9.07. The lowest BCUT2D eigenvalue weighted by Crippen LogP contribution is -2.33. The zero-order valence-electron chi connectivity index (χ0n) is 14.4. The highest BCUT2D eigenvalue weighted by Crippen LogP contribution is 2.38. The van der Waals surface area contributed by atoms with Gasteiger partial charge in [0.2, 0.25) is 0 Å². The van der Waals surface area contributed by atoms with Crippen LogP contribution in [0.25, 0.3) is 0 Å². The molecule has 0 radical (unpaired) electrons.